The molecule has 36 heavy (non-hydrogen) atoms. The number of benzene rings is 2. The van der Waals surface area contributed by atoms with E-state index < -0.39 is 60.8 Å². The number of piperazine rings is 1. The number of carbonyl (C=O) groups is 3. The van der Waals surface area contributed by atoms with Crippen LogP contribution in [0.3, 0.4) is 0 Å². The molecule has 0 aliphatic carbocycles. The second-order valence-electron chi connectivity index (χ2n) is 8.87. The molecule has 2 aliphatic rings. The van der Waals surface area contributed by atoms with Crippen LogP contribution < -0.4 is 0 Å². The molecule has 0 aromatic heterocycles. The summed E-state index contributed by atoms with van der Waals surface area (Å²) in [5.74, 6) is -4.41. The first-order chi connectivity index (χ1) is 16.8. The Morgan fingerprint density at radius 2 is 1.67 bits per heavy atom. The number of hydrogen-bond acceptors (Lipinski definition) is 5. The second-order valence-corrected chi connectivity index (χ2v) is 8.87. The molecule has 2 heterocycles. The predicted molar refractivity (Wildman–Crippen MR) is 116 cm³/mol. The van der Waals surface area contributed by atoms with E-state index in [9.17, 15) is 36.3 Å². The summed E-state index contributed by atoms with van der Waals surface area (Å²) in [6, 6.07) is 7.70. The van der Waals surface area contributed by atoms with Gasteiger partial charge in [0, 0.05) is 23.6 Å². The van der Waals surface area contributed by atoms with E-state index in [1.807, 2.05) is 0 Å². The van der Waals surface area contributed by atoms with Gasteiger partial charge in [-0.15, -0.1) is 0 Å². The van der Waals surface area contributed by atoms with Crippen LogP contribution in [0, 0.1) is 18.6 Å². The van der Waals surface area contributed by atoms with E-state index in [2.05, 4.69) is 5.16 Å². The maximum Gasteiger partial charge on any atom is 0.406 e. The largest absolute Gasteiger partial charge is 0.406 e. The molecular weight excluding hydrogens is 489 g/mol. The van der Waals surface area contributed by atoms with Crippen molar-refractivity contribution >= 4 is 23.4 Å². The van der Waals surface area contributed by atoms with Gasteiger partial charge >= 0.3 is 6.18 Å². The Hall–Kier alpha value is -3.83. The zero-order chi connectivity index (χ0) is 26.4. The highest BCUT2D eigenvalue weighted by Crippen LogP contribution is 2.37. The van der Waals surface area contributed by atoms with Gasteiger partial charge in [-0.3, -0.25) is 19.3 Å². The van der Waals surface area contributed by atoms with E-state index >= 15 is 0 Å². The topological polar surface area (TPSA) is 79.3 Å². The monoisotopic (exact) mass is 509 g/mol. The molecule has 1 fully saturated rings. The van der Waals surface area contributed by atoms with Crippen molar-refractivity contribution in [3.05, 3.63) is 70.3 Å². The van der Waals surface area contributed by atoms with Crippen LogP contribution in [0.25, 0.3) is 0 Å². The number of imide groups is 1. The molecule has 0 saturated carbocycles. The highest BCUT2D eigenvalue weighted by Gasteiger charge is 2.41. The molecule has 0 spiro atoms. The number of rotatable bonds is 4. The minimum absolute atomic E-state index is 0.0967. The Balaban J connectivity index is 1.48. The van der Waals surface area contributed by atoms with Gasteiger partial charge in [0.15, 0.2) is 5.60 Å². The minimum Gasteiger partial charge on any atom is -0.384 e. The highest BCUT2D eigenvalue weighted by molar-refractivity contribution is 6.07. The summed E-state index contributed by atoms with van der Waals surface area (Å²) in [7, 11) is 0. The average Bonchev–Trinajstić information content (AvgIpc) is 3.18. The lowest BCUT2D eigenvalue weighted by atomic mass is 9.88. The number of amides is 3. The smallest absolute Gasteiger partial charge is 0.384 e. The number of nitrogens with zero attached hydrogens (tertiary/aromatic N) is 3. The zero-order valence-corrected chi connectivity index (χ0v) is 19.2. The molecule has 4 rings (SSSR count). The van der Waals surface area contributed by atoms with Crippen LogP contribution in [0.1, 0.15) is 40.4 Å². The van der Waals surface area contributed by atoms with Gasteiger partial charge in [-0.2, -0.15) is 13.2 Å². The lowest BCUT2D eigenvalue weighted by Crippen LogP contribution is -2.57. The quantitative estimate of drug-likeness (QED) is 0.465. The maximum atomic E-state index is 13.7. The number of oxime groups is 1. The number of aryl methyl sites for hydroxylation is 1. The first kappa shape index (κ1) is 25.3. The number of alkyl halides is 3. The summed E-state index contributed by atoms with van der Waals surface area (Å²) >= 11 is 0. The Morgan fingerprint density at radius 3 is 2.22 bits per heavy atom. The van der Waals surface area contributed by atoms with Crippen molar-refractivity contribution in [3.8, 4) is 0 Å². The summed E-state index contributed by atoms with van der Waals surface area (Å²) < 4.78 is 65.2. The highest BCUT2D eigenvalue weighted by atomic mass is 19.4. The van der Waals surface area contributed by atoms with Gasteiger partial charge in [0.1, 0.15) is 31.3 Å². The van der Waals surface area contributed by atoms with Gasteiger partial charge in [0.2, 0.25) is 11.8 Å². The van der Waals surface area contributed by atoms with Crippen LogP contribution >= 0.6 is 0 Å². The molecule has 1 atom stereocenters. The van der Waals surface area contributed by atoms with Crippen molar-refractivity contribution in [2.24, 2.45) is 5.16 Å². The van der Waals surface area contributed by atoms with Crippen molar-refractivity contribution in [1.29, 1.82) is 0 Å². The van der Waals surface area contributed by atoms with Gasteiger partial charge in [0.25, 0.3) is 5.91 Å². The number of halogens is 5. The molecule has 2 aliphatic heterocycles. The molecule has 7 nitrogen and oxygen atoms in total. The van der Waals surface area contributed by atoms with Crippen LogP contribution in [0.5, 0.6) is 0 Å². The van der Waals surface area contributed by atoms with E-state index in [1.54, 1.807) is 26.0 Å². The maximum absolute atomic E-state index is 13.7. The molecular formula is C24H20F5N3O4. The molecule has 1 unspecified atom stereocenters. The van der Waals surface area contributed by atoms with E-state index in [0.29, 0.717) is 16.8 Å². The summed E-state index contributed by atoms with van der Waals surface area (Å²) in [4.78, 5) is 43.6. The van der Waals surface area contributed by atoms with Gasteiger partial charge in [0.05, 0.1) is 5.71 Å². The summed E-state index contributed by atoms with van der Waals surface area (Å²) in [5, 5.41) is 4.05. The third kappa shape index (κ3) is 5.07. The third-order valence-corrected chi connectivity index (χ3v) is 6.00. The fourth-order valence-corrected chi connectivity index (χ4v) is 4.15. The van der Waals surface area contributed by atoms with E-state index in [1.165, 1.54) is 6.07 Å². The Kier molecular flexibility index (Phi) is 6.31. The van der Waals surface area contributed by atoms with Gasteiger partial charge in [-0.05, 0) is 49.2 Å². The molecule has 2 aromatic rings. The van der Waals surface area contributed by atoms with Crippen molar-refractivity contribution in [1.82, 2.24) is 9.80 Å². The molecule has 1 saturated heterocycles. The average molecular weight is 509 g/mol. The normalized spacial score (nSPS) is 20.5. The molecule has 0 bridgehead atoms. The summed E-state index contributed by atoms with van der Waals surface area (Å²) in [5.41, 5.74) is 0.807. The lowest BCUT2D eigenvalue weighted by Gasteiger charge is -2.33. The first-order valence-electron chi connectivity index (χ1n) is 10.8. The van der Waals surface area contributed by atoms with Gasteiger partial charge < -0.3 is 9.74 Å². The predicted octanol–water partition coefficient (Wildman–Crippen LogP) is 3.69. The van der Waals surface area contributed by atoms with Crippen molar-refractivity contribution in [2.45, 2.75) is 32.0 Å². The van der Waals surface area contributed by atoms with E-state index in [4.69, 9.17) is 4.84 Å². The fourth-order valence-electron chi connectivity index (χ4n) is 4.15. The summed E-state index contributed by atoms with van der Waals surface area (Å²) in [6.07, 6.45) is -4.55. The third-order valence-electron chi connectivity index (χ3n) is 6.00. The van der Waals surface area contributed by atoms with Crippen LogP contribution in [-0.4, -0.2) is 59.0 Å². The first-order valence-corrected chi connectivity index (χ1v) is 10.8. The summed E-state index contributed by atoms with van der Waals surface area (Å²) in [6.45, 7) is 0.217. The van der Waals surface area contributed by atoms with Gasteiger partial charge in [-0.1, -0.05) is 11.2 Å². The second kappa shape index (κ2) is 8.99. The van der Waals surface area contributed by atoms with Crippen LogP contribution in [0.2, 0.25) is 0 Å². The van der Waals surface area contributed by atoms with Crippen molar-refractivity contribution in [2.75, 3.05) is 19.6 Å². The van der Waals surface area contributed by atoms with Gasteiger partial charge in [-0.25, -0.2) is 8.78 Å². The van der Waals surface area contributed by atoms with Crippen molar-refractivity contribution < 1.29 is 41.2 Å². The molecule has 12 heteroatoms. The zero-order valence-electron chi connectivity index (χ0n) is 19.2. The number of carbonyl (C=O) groups excluding carboxylic acids is 3. The molecule has 2 aromatic carbocycles. The number of hydrogen-bond donors (Lipinski definition) is 0. The molecule has 0 radical (unpaired) electrons. The fraction of sp³-hybridized carbons (Fsp3) is 0.333. The molecule has 3 amide bonds. The Morgan fingerprint density at radius 1 is 1.06 bits per heavy atom. The molecule has 190 valence electrons. The minimum atomic E-state index is -4.74. The van der Waals surface area contributed by atoms with E-state index in [0.717, 1.165) is 23.1 Å². The van der Waals surface area contributed by atoms with Crippen LogP contribution in [0.4, 0.5) is 22.0 Å². The SMILES string of the molecule is Cc1cc(C2=NOC(C)(c3cc(F)cc(F)c3)C2)ccc1C(=O)N1CC(=O)N(CC(F)(F)F)C(=O)C1. The Labute approximate surface area is 202 Å². The van der Waals surface area contributed by atoms with Crippen molar-refractivity contribution in [3.63, 3.8) is 0 Å². The van der Waals surface area contributed by atoms with Crippen LogP contribution in [0.15, 0.2) is 41.6 Å². The van der Waals surface area contributed by atoms with Crippen LogP contribution in [-0.2, 0) is 20.0 Å². The standard InChI is InChI=1S/C24H20F5N3O4/c1-13-5-14(19-9-23(2,36-30-19)15-6-16(25)8-17(26)7-15)3-4-18(13)22(35)31-10-20(33)32(21(34)11-31)12-24(27,28)29/h3-8H,9-12H2,1-2H3. The van der Waals surface area contributed by atoms with E-state index in [-0.39, 0.29) is 22.4 Å². The Bertz CT molecular complexity index is 1250. The molecule has 0 N–H and O–H groups in total. The lowest BCUT2D eigenvalue weighted by molar-refractivity contribution is -0.174.